The number of carbonyl (C=O) groups excluding carboxylic acids is 1. The summed E-state index contributed by atoms with van der Waals surface area (Å²) in [5.41, 5.74) is 2.71. The van der Waals surface area contributed by atoms with E-state index in [0.29, 0.717) is 5.56 Å². The first-order valence-corrected chi connectivity index (χ1v) is 5.54. The van der Waals surface area contributed by atoms with Crippen LogP contribution in [0, 0.1) is 6.92 Å². The molecular formula is C14H18O2. The lowest BCUT2D eigenvalue weighted by atomic mass is 10.0. The SMILES string of the molecule is CCC/C=C/c1ccc(C(=O)OC)c(C)c1. The second-order valence-corrected chi connectivity index (χ2v) is 3.76. The molecule has 0 bridgehead atoms. The fourth-order valence-corrected chi connectivity index (χ4v) is 1.52. The maximum absolute atomic E-state index is 11.4. The van der Waals surface area contributed by atoms with E-state index in [1.54, 1.807) is 0 Å². The van der Waals surface area contributed by atoms with Gasteiger partial charge in [-0.15, -0.1) is 0 Å². The van der Waals surface area contributed by atoms with E-state index < -0.39 is 0 Å². The third-order valence-corrected chi connectivity index (χ3v) is 2.42. The highest BCUT2D eigenvalue weighted by atomic mass is 16.5. The van der Waals surface area contributed by atoms with Crippen LogP contribution in [-0.4, -0.2) is 13.1 Å². The van der Waals surface area contributed by atoms with Gasteiger partial charge in [0.25, 0.3) is 0 Å². The summed E-state index contributed by atoms with van der Waals surface area (Å²) < 4.78 is 4.70. The Hall–Kier alpha value is -1.57. The van der Waals surface area contributed by atoms with Crippen LogP contribution in [0.25, 0.3) is 6.08 Å². The van der Waals surface area contributed by atoms with Gasteiger partial charge >= 0.3 is 5.97 Å². The van der Waals surface area contributed by atoms with Crippen molar-refractivity contribution in [1.29, 1.82) is 0 Å². The number of ether oxygens (including phenoxy) is 1. The monoisotopic (exact) mass is 218 g/mol. The average Bonchev–Trinajstić information content (AvgIpc) is 2.29. The first-order chi connectivity index (χ1) is 7.69. The number of methoxy groups -OCH3 is 1. The van der Waals surface area contributed by atoms with E-state index in [-0.39, 0.29) is 5.97 Å². The Morgan fingerprint density at radius 3 is 2.75 bits per heavy atom. The molecule has 1 rings (SSSR count). The van der Waals surface area contributed by atoms with E-state index in [1.165, 1.54) is 7.11 Å². The van der Waals surface area contributed by atoms with Crippen LogP contribution in [0.2, 0.25) is 0 Å². The van der Waals surface area contributed by atoms with Crippen LogP contribution in [-0.2, 0) is 4.74 Å². The molecule has 16 heavy (non-hydrogen) atoms. The van der Waals surface area contributed by atoms with Crippen molar-refractivity contribution in [2.75, 3.05) is 7.11 Å². The molecule has 0 amide bonds. The molecule has 1 aromatic rings. The van der Waals surface area contributed by atoms with Crippen molar-refractivity contribution < 1.29 is 9.53 Å². The number of carbonyl (C=O) groups is 1. The number of hydrogen-bond acceptors (Lipinski definition) is 2. The van der Waals surface area contributed by atoms with Gasteiger partial charge in [0.2, 0.25) is 0 Å². The summed E-state index contributed by atoms with van der Waals surface area (Å²) in [6, 6.07) is 5.75. The molecule has 1 aromatic carbocycles. The Labute approximate surface area is 96.9 Å². The standard InChI is InChI=1S/C14H18O2/c1-4-5-6-7-12-8-9-13(11(2)10-12)14(15)16-3/h6-10H,4-5H2,1-3H3/b7-6+. The zero-order valence-corrected chi connectivity index (χ0v) is 10.1. The lowest BCUT2D eigenvalue weighted by Gasteiger charge is -2.04. The van der Waals surface area contributed by atoms with Gasteiger partial charge in [0.15, 0.2) is 0 Å². The highest BCUT2D eigenvalue weighted by Crippen LogP contribution is 2.13. The van der Waals surface area contributed by atoms with E-state index in [9.17, 15) is 4.79 Å². The smallest absolute Gasteiger partial charge is 0.338 e. The van der Waals surface area contributed by atoms with Gasteiger partial charge in [0, 0.05) is 0 Å². The van der Waals surface area contributed by atoms with Crippen LogP contribution in [0.15, 0.2) is 24.3 Å². The van der Waals surface area contributed by atoms with Crippen LogP contribution in [0.3, 0.4) is 0 Å². The normalized spacial score (nSPS) is 10.7. The molecule has 0 saturated heterocycles. The van der Waals surface area contributed by atoms with E-state index in [2.05, 4.69) is 19.1 Å². The summed E-state index contributed by atoms with van der Waals surface area (Å²) in [6.07, 6.45) is 6.46. The maximum Gasteiger partial charge on any atom is 0.338 e. The first kappa shape index (κ1) is 12.5. The number of hydrogen-bond donors (Lipinski definition) is 0. The minimum Gasteiger partial charge on any atom is -0.465 e. The molecule has 86 valence electrons. The summed E-state index contributed by atoms with van der Waals surface area (Å²) in [5, 5.41) is 0. The van der Waals surface area contributed by atoms with Crippen molar-refractivity contribution in [2.45, 2.75) is 26.7 Å². The minimum atomic E-state index is -0.276. The van der Waals surface area contributed by atoms with Gasteiger partial charge in [-0.05, 0) is 30.5 Å². The number of unbranched alkanes of at least 4 members (excludes halogenated alkanes) is 1. The van der Waals surface area contributed by atoms with Gasteiger partial charge in [-0.25, -0.2) is 4.79 Å². The summed E-state index contributed by atoms with van der Waals surface area (Å²) in [6.45, 7) is 4.07. The number of esters is 1. The lowest BCUT2D eigenvalue weighted by Crippen LogP contribution is -2.03. The van der Waals surface area contributed by atoms with Gasteiger partial charge in [0.1, 0.15) is 0 Å². The fourth-order valence-electron chi connectivity index (χ4n) is 1.52. The Morgan fingerprint density at radius 2 is 2.19 bits per heavy atom. The molecule has 0 aliphatic rings. The minimum absolute atomic E-state index is 0.276. The van der Waals surface area contributed by atoms with Crippen LogP contribution in [0.4, 0.5) is 0 Å². The lowest BCUT2D eigenvalue weighted by molar-refractivity contribution is 0.0600. The molecule has 0 aliphatic carbocycles. The van der Waals surface area contributed by atoms with Gasteiger partial charge in [-0.2, -0.15) is 0 Å². The van der Waals surface area contributed by atoms with Crippen LogP contribution >= 0.6 is 0 Å². The number of aryl methyl sites for hydroxylation is 1. The average molecular weight is 218 g/mol. The molecule has 0 radical (unpaired) electrons. The van der Waals surface area contributed by atoms with Crippen LogP contribution < -0.4 is 0 Å². The molecule has 2 nitrogen and oxygen atoms in total. The second kappa shape index (κ2) is 6.11. The van der Waals surface area contributed by atoms with Crippen molar-refractivity contribution in [3.05, 3.63) is 41.0 Å². The molecule has 0 aliphatic heterocycles. The van der Waals surface area contributed by atoms with Crippen LogP contribution in [0.5, 0.6) is 0 Å². The Balaban J connectivity index is 2.86. The van der Waals surface area contributed by atoms with Crippen molar-refractivity contribution in [2.24, 2.45) is 0 Å². The van der Waals surface area contributed by atoms with Crippen molar-refractivity contribution >= 4 is 12.0 Å². The second-order valence-electron chi connectivity index (χ2n) is 3.76. The topological polar surface area (TPSA) is 26.3 Å². The van der Waals surface area contributed by atoms with Crippen molar-refractivity contribution in [1.82, 2.24) is 0 Å². The Morgan fingerprint density at radius 1 is 1.44 bits per heavy atom. The summed E-state index contributed by atoms with van der Waals surface area (Å²) in [5.74, 6) is -0.276. The van der Waals surface area contributed by atoms with Crippen molar-refractivity contribution in [3.8, 4) is 0 Å². The highest BCUT2D eigenvalue weighted by Gasteiger charge is 2.07. The van der Waals surface area contributed by atoms with E-state index >= 15 is 0 Å². The van der Waals surface area contributed by atoms with Crippen LogP contribution in [0.1, 0.15) is 41.3 Å². The zero-order valence-electron chi connectivity index (χ0n) is 10.1. The molecule has 2 heteroatoms. The quantitative estimate of drug-likeness (QED) is 0.722. The number of benzene rings is 1. The summed E-state index contributed by atoms with van der Waals surface area (Å²) >= 11 is 0. The fraction of sp³-hybridized carbons (Fsp3) is 0.357. The third-order valence-electron chi connectivity index (χ3n) is 2.42. The Kier molecular flexibility index (Phi) is 4.77. The van der Waals surface area contributed by atoms with E-state index in [1.807, 2.05) is 25.1 Å². The molecule has 0 atom stereocenters. The molecule has 0 N–H and O–H groups in total. The molecule has 0 unspecified atom stereocenters. The van der Waals surface area contributed by atoms with Gasteiger partial charge in [-0.1, -0.05) is 37.6 Å². The number of rotatable bonds is 4. The highest BCUT2D eigenvalue weighted by molar-refractivity contribution is 5.91. The van der Waals surface area contributed by atoms with E-state index in [0.717, 1.165) is 24.0 Å². The van der Waals surface area contributed by atoms with Gasteiger partial charge in [0.05, 0.1) is 12.7 Å². The molecule has 0 spiro atoms. The third kappa shape index (κ3) is 3.23. The Bertz CT molecular complexity index is 392. The molecule has 0 fully saturated rings. The number of allylic oxidation sites excluding steroid dienone is 1. The molecule has 0 heterocycles. The van der Waals surface area contributed by atoms with Gasteiger partial charge < -0.3 is 4.74 Å². The first-order valence-electron chi connectivity index (χ1n) is 5.54. The predicted molar refractivity (Wildman–Crippen MR) is 66.5 cm³/mol. The van der Waals surface area contributed by atoms with E-state index in [4.69, 9.17) is 4.74 Å². The van der Waals surface area contributed by atoms with Crippen molar-refractivity contribution in [3.63, 3.8) is 0 Å². The van der Waals surface area contributed by atoms with Gasteiger partial charge in [-0.3, -0.25) is 0 Å². The predicted octanol–water partition coefficient (Wildman–Crippen LogP) is 3.59. The summed E-state index contributed by atoms with van der Waals surface area (Å²) in [7, 11) is 1.40. The molecular weight excluding hydrogens is 200 g/mol. The summed E-state index contributed by atoms with van der Waals surface area (Å²) in [4.78, 5) is 11.4. The largest absolute Gasteiger partial charge is 0.465 e. The zero-order chi connectivity index (χ0) is 12.0. The maximum atomic E-state index is 11.4. The molecule has 0 aromatic heterocycles. The molecule has 0 saturated carbocycles.